The molecule has 0 spiro atoms. The summed E-state index contributed by atoms with van der Waals surface area (Å²) in [5.41, 5.74) is -0.0246. The summed E-state index contributed by atoms with van der Waals surface area (Å²) in [5, 5.41) is 17.1. The SMILES string of the molecule is CC1=NN(C(=O)c2ccc(Cl)cc2Cl)[C@](O)(c2ccccc2)C1. The highest BCUT2D eigenvalue weighted by Gasteiger charge is 2.45. The van der Waals surface area contributed by atoms with Crippen LogP contribution in [0.3, 0.4) is 0 Å². The summed E-state index contributed by atoms with van der Waals surface area (Å²) >= 11 is 12.0. The van der Waals surface area contributed by atoms with Gasteiger partial charge in [0.1, 0.15) is 0 Å². The van der Waals surface area contributed by atoms with Crippen molar-refractivity contribution in [1.29, 1.82) is 0 Å². The molecule has 6 heteroatoms. The summed E-state index contributed by atoms with van der Waals surface area (Å²) in [5.74, 6) is -0.477. The monoisotopic (exact) mass is 348 g/mol. The first-order valence-corrected chi connectivity index (χ1v) is 7.79. The molecule has 2 aromatic rings. The minimum Gasteiger partial charge on any atom is -0.365 e. The molecule has 0 fully saturated rings. The number of carbonyl (C=O) groups is 1. The zero-order chi connectivity index (χ0) is 16.6. The molecule has 0 aromatic heterocycles. The van der Waals surface area contributed by atoms with Gasteiger partial charge in [0.05, 0.1) is 10.6 Å². The van der Waals surface area contributed by atoms with Crippen molar-refractivity contribution in [1.82, 2.24) is 5.01 Å². The number of benzene rings is 2. The fourth-order valence-electron chi connectivity index (χ4n) is 2.64. The van der Waals surface area contributed by atoms with E-state index < -0.39 is 11.6 Å². The van der Waals surface area contributed by atoms with E-state index in [2.05, 4.69) is 5.10 Å². The zero-order valence-corrected chi connectivity index (χ0v) is 13.8. The second-order valence-electron chi connectivity index (χ2n) is 5.44. The molecule has 0 saturated carbocycles. The molecule has 0 aliphatic carbocycles. The van der Waals surface area contributed by atoms with Crippen molar-refractivity contribution in [3.63, 3.8) is 0 Å². The van der Waals surface area contributed by atoms with Crippen LogP contribution in [0, 0.1) is 0 Å². The van der Waals surface area contributed by atoms with Gasteiger partial charge in [-0.3, -0.25) is 4.79 Å². The number of aliphatic hydroxyl groups is 1. The van der Waals surface area contributed by atoms with Crippen molar-refractivity contribution < 1.29 is 9.90 Å². The molecule has 1 atom stereocenters. The number of amides is 1. The standard InChI is InChI=1S/C17H14Cl2N2O2/c1-11-10-17(23,12-5-3-2-4-6-12)21(20-11)16(22)14-8-7-13(18)9-15(14)19/h2-9,23H,10H2,1H3/t17-/m1/s1. The van der Waals surface area contributed by atoms with Gasteiger partial charge < -0.3 is 5.11 Å². The van der Waals surface area contributed by atoms with Crippen molar-refractivity contribution in [2.24, 2.45) is 5.10 Å². The Morgan fingerprint density at radius 2 is 1.91 bits per heavy atom. The lowest BCUT2D eigenvalue weighted by molar-refractivity contribution is -0.0765. The van der Waals surface area contributed by atoms with Crippen LogP contribution >= 0.6 is 23.2 Å². The highest BCUT2D eigenvalue weighted by molar-refractivity contribution is 6.36. The molecule has 23 heavy (non-hydrogen) atoms. The van der Waals surface area contributed by atoms with Crippen LogP contribution in [0.15, 0.2) is 53.6 Å². The molecule has 1 heterocycles. The Balaban J connectivity index is 2.04. The molecule has 4 nitrogen and oxygen atoms in total. The number of hydrazone groups is 1. The van der Waals surface area contributed by atoms with Gasteiger partial charge in [0.2, 0.25) is 0 Å². The van der Waals surface area contributed by atoms with E-state index in [1.54, 1.807) is 37.3 Å². The van der Waals surface area contributed by atoms with Crippen molar-refractivity contribution in [2.75, 3.05) is 0 Å². The maximum atomic E-state index is 12.8. The predicted molar refractivity (Wildman–Crippen MR) is 90.7 cm³/mol. The minimum atomic E-state index is -1.52. The second kappa shape index (κ2) is 5.96. The molecule has 1 N–H and O–H groups in total. The molecule has 2 aromatic carbocycles. The van der Waals surface area contributed by atoms with E-state index in [4.69, 9.17) is 23.2 Å². The summed E-state index contributed by atoms with van der Waals surface area (Å²) in [7, 11) is 0. The quantitative estimate of drug-likeness (QED) is 0.889. The summed E-state index contributed by atoms with van der Waals surface area (Å²) in [6.45, 7) is 1.77. The van der Waals surface area contributed by atoms with Gasteiger partial charge in [0.15, 0.2) is 5.72 Å². The minimum absolute atomic E-state index is 0.220. The Morgan fingerprint density at radius 1 is 1.22 bits per heavy atom. The number of halogens is 2. The smallest absolute Gasteiger partial charge is 0.278 e. The van der Waals surface area contributed by atoms with E-state index in [0.29, 0.717) is 16.3 Å². The Morgan fingerprint density at radius 3 is 2.57 bits per heavy atom. The number of nitrogens with zero attached hydrogens (tertiary/aromatic N) is 2. The lowest BCUT2D eigenvalue weighted by Crippen LogP contribution is -2.43. The van der Waals surface area contributed by atoms with E-state index >= 15 is 0 Å². The van der Waals surface area contributed by atoms with Gasteiger partial charge in [0, 0.05) is 22.7 Å². The average molecular weight is 349 g/mol. The third kappa shape index (κ3) is 2.85. The van der Waals surface area contributed by atoms with Crippen molar-refractivity contribution in [2.45, 2.75) is 19.1 Å². The molecule has 1 aliphatic rings. The maximum Gasteiger partial charge on any atom is 0.278 e. The topological polar surface area (TPSA) is 52.9 Å². The molecule has 0 unspecified atom stereocenters. The van der Waals surface area contributed by atoms with E-state index in [0.717, 1.165) is 5.01 Å². The van der Waals surface area contributed by atoms with E-state index in [9.17, 15) is 9.90 Å². The number of hydrogen-bond donors (Lipinski definition) is 1. The van der Waals surface area contributed by atoms with Crippen LogP contribution in [0.2, 0.25) is 10.0 Å². The summed E-state index contributed by atoms with van der Waals surface area (Å²) < 4.78 is 0. The largest absolute Gasteiger partial charge is 0.365 e. The van der Waals surface area contributed by atoms with Crippen LogP contribution in [0.1, 0.15) is 29.3 Å². The second-order valence-corrected chi connectivity index (χ2v) is 6.28. The van der Waals surface area contributed by atoms with Gasteiger partial charge in [-0.05, 0) is 25.1 Å². The Bertz CT molecular complexity index is 792. The van der Waals surface area contributed by atoms with Gasteiger partial charge in [0.25, 0.3) is 5.91 Å². The van der Waals surface area contributed by atoms with Gasteiger partial charge in [-0.1, -0.05) is 53.5 Å². The van der Waals surface area contributed by atoms with Gasteiger partial charge >= 0.3 is 0 Å². The Kier molecular flexibility index (Phi) is 4.15. The van der Waals surface area contributed by atoms with Gasteiger partial charge in [-0.2, -0.15) is 10.1 Å². The molecule has 1 amide bonds. The molecule has 0 bridgehead atoms. The normalized spacial score (nSPS) is 20.5. The van der Waals surface area contributed by atoms with E-state index in [1.807, 2.05) is 6.07 Å². The molecule has 0 saturated heterocycles. The van der Waals surface area contributed by atoms with Gasteiger partial charge in [-0.15, -0.1) is 0 Å². The van der Waals surface area contributed by atoms with Crippen LogP contribution in [-0.4, -0.2) is 21.7 Å². The van der Waals surface area contributed by atoms with E-state index in [-0.39, 0.29) is 17.0 Å². The van der Waals surface area contributed by atoms with Crippen LogP contribution in [0.4, 0.5) is 0 Å². The fraction of sp³-hybridized carbons (Fsp3) is 0.176. The van der Waals surface area contributed by atoms with Crippen molar-refractivity contribution in [3.05, 3.63) is 69.7 Å². The summed E-state index contributed by atoms with van der Waals surface area (Å²) in [6.07, 6.45) is 0.244. The van der Waals surface area contributed by atoms with Crippen molar-refractivity contribution >= 4 is 34.8 Å². The highest BCUT2D eigenvalue weighted by atomic mass is 35.5. The molecule has 1 aliphatic heterocycles. The van der Waals surface area contributed by atoms with Crippen LogP contribution in [-0.2, 0) is 5.72 Å². The highest BCUT2D eigenvalue weighted by Crippen LogP contribution is 2.37. The first kappa shape index (κ1) is 16.0. The Labute approximate surface area is 143 Å². The third-order valence-corrected chi connectivity index (χ3v) is 4.26. The summed E-state index contributed by atoms with van der Waals surface area (Å²) in [4.78, 5) is 12.8. The molecular weight excluding hydrogens is 335 g/mol. The first-order valence-electron chi connectivity index (χ1n) is 7.03. The Hall–Kier alpha value is -1.88. The lowest BCUT2D eigenvalue weighted by atomic mass is 9.97. The fourth-order valence-corrected chi connectivity index (χ4v) is 3.13. The number of hydrogen-bond acceptors (Lipinski definition) is 3. The van der Waals surface area contributed by atoms with Crippen LogP contribution in [0.25, 0.3) is 0 Å². The zero-order valence-electron chi connectivity index (χ0n) is 12.3. The van der Waals surface area contributed by atoms with Crippen LogP contribution < -0.4 is 0 Å². The molecule has 3 rings (SSSR count). The average Bonchev–Trinajstić information content (AvgIpc) is 2.84. The number of carbonyl (C=O) groups excluding carboxylic acids is 1. The first-order chi connectivity index (χ1) is 10.9. The lowest BCUT2D eigenvalue weighted by Gasteiger charge is -2.31. The molecular formula is C17H14Cl2N2O2. The van der Waals surface area contributed by atoms with E-state index in [1.165, 1.54) is 12.1 Å². The maximum absolute atomic E-state index is 12.8. The molecule has 118 valence electrons. The third-order valence-electron chi connectivity index (χ3n) is 3.71. The summed E-state index contributed by atoms with van der Waals surface area (Å²) in [6, 6.07) is 13.6. The van der Waals surface area contributed by atoms with Gasteiger partial charge in [-0.25, -0.2) is 0 Å². The predicted octanol–water partition coefficient (Wildman–Crippen LogP) is 4.06. The molecule has 0 radical (unpaired) electrons. The number of rotatable bonds is 2. The van der Waals surface area contributed by atoms with Crippen LogP contribution in [0.5, 0.6) is 0 Å². The van der Waals surface area contributed by atoms with Crippen molar-refractivity contribution in [3.8, 4) is 0 Å².